The van der Waals surface area contributed by atoms with Crippen molar-refractivity contribution in [3.63, 3.8) is 0 Å². The number of aliphatic carboxylic acids is 1. The molecule has 2 unspecified atom stereocenters. The number of hydrogen-bond donors (Lipinski definition) is 2. The highest BCUT2D eigenvalue weighted by Crippen LogP contribution is 2.39. The number of nitrogens with one attached hydrogen (secondary N) is 1. The molecule has 0 spiro atoms. The maximum Gasteiger partial charge on any atom is 0.311 e. The number of anilines is 1. The molecule has 2 atom stereocenters. The first-order valence-electron chi connectivity index (χ1n) is 5.40. The Morgan fingerprint density at radius 1 is 1.56 bits per heavy atom. The molecule has 2 rings (SSSR count). The average Bonchev–Trinajstić information content (AvgIpc) is 2.63. The Hall–Kier alpha value is -1.65. The molecule has 1 heterocycles. The Kier molecular flexibility index (Phi) is 2.77. The van der Waals surface area contributed by atoms with Crippen LogP contribution in [-0.4, -0.2) is 27.1 Å². The van der Waals surface area contributed by atoms with Gasteiger partial charge in [0, 0.05) is 18.4 Å². The summed E-state index contributed by atoms with van der Waals surface area (Å²) in [5.41, 5.74) is -0.709. The number of aromatic nitrogens is 2. The van der Waals surface area contributed by atoms with Gasteiger partial charge in [0.2, 0.25) is 5.95 Å². The number of nitrogens with zero attached hydrogens (tertiary/aromatic N) is 2. The first kappa shape index (κ1) is 10.9. The fourth-order valence-electron chi connectivity index (χ4n) is 2.18. The highest BCUT2D eigenvalue weighted by atomic mass is 16.4. The molecule has 0 aromatic carbocycles. The van der Waals surface area contributed by atoms with Crippen molar-refractivity contribution in [2.45, 2.75) is 32.2 Å². The Morgan fingerprint density at radius 3 is 2.88 bits per heavy atom. The second-order valence-corrected chi connectivity index (χ2v) is 4.38. The van der Waals surface area contributed by atoms with Crippen LogP contribution in [0.5, 0.6) is 0 Å². The summed E-state index contributed by atoms with van der Waals surface area (Å²) < 4.78 is 0. The molecule has 1 fully saturated rings. The van der Waals surface area contributed by atoms with Crippen LogP contribution >= 0.6 is 0 Å². The molecule has 1 aliphatic carbocycles. The van der Waals surface area contributed by atoms with E-state index in [-0.39, 0.29) is 6.04 Å². The van der Waals surface area contributed by atoms with Crippen molar-refractivity contribution in [3.8, 4) is 0 Å². The first-order chi connectivity index (χ1) is 7.63. The van der Waals surface area contributed by atoms with Crippen LogP contribution in [0.2, 0.25) is 0 Å². The lowest BCUT2D eigenvalue weighted by molar-refractivity contribution is -0.147. The molecule has 86 valence electrons. The van der Waals surface area contributed by atoms with Crippen molar-refractivity contribution in [3.05, 3.63) is 18.5 Å². The van der Waals surface area contributed by atoms with E-state index in [1.165, 1.54) is 0 Å². The predicted octanol–water partition coefficient (Wildman–Crippen LogP) is 1.53. The van der Waals surface area contributed by atoms with Gasteiger partial charge >= 0.3 is 5.97 Å². The van der Waals surface area contributed by atoms with Crippen molar-refractivity contribution in [1.29, 1.82) is 0 Å². The standard InChI is InChI=1S/C11H15N3O2/c1-11(9(15)16)5-2-4-8(11)14-10-12-6-3-7-13-10/h3,6-8H,2,4-5H2,1H3,(H,15,16)(H,12,13,14). The van der Waals surface area contributed by atoms with Gasteiger partial charge in [0.1, 0.15) is 0 Å². The molecule has 5 nitrogen and oxygen atoms in total. The van der Waals surface area contributed by atoms with Crippen molar-refractivity contribution < 1.29 is 9.90 Å². The molecule has 1 aliphatic rings. The minimum atomic E-state index is -0.751. The molecule has 0 amide bonds. The van der Waals surface area contributed by atoms with Crippen molar-refractivity contribution >= 4 is 11.9 Å². The van der Waals surface area contributed by atoms with Gasteiger partial charge in [0.25, 0.3) is 0 Å². The monoisotopic (exact) mass is 221 g/mol. The molecule has 16 heavy (non-hydrogen) atoms. The van der Waals surface area contributed by atoms with Crippen LogP contribution in [0.1, 0.15) is 26.2 Å². The molecule has 0 saturated heterocycles. The van der Waals surface area contributed by atoms with E-state index in [0.29, 0.717) is 12.4 Å². The molecule has 1 aromatic rings. The summed E-state index contributed by atoms with van der Waals surface area (Å²) in [6, 6.07) is 1.64. The van der Waals surface area contributed by atoms with Gasteiger partial charge in [-0.2, -0.15) is 0 Å². The maximum atomic E-state index is 11.2. The van der Waals surface area contributed by atoms with E-state index >= 15 is 0 Å². The third-order valence-electron chi connectivity index (χ3n) is 3.32. The van der Waals surface area contributed by atoms with Gasteiger partial charge < -0.3 is 10.4 Å². The van der Waals surface area contributed by atoms with E-state index in [4.69, 9.17) is 0 Å². The fraction of sp³-hybridized carbons (Fsp3) is 0.545. The minimum Gasteiger partial charge on any atom is -0.481 e. The van der Waals surface area contributed by atoms with Crippen LogP contribution in [0.4, 0.5) is 5.95 Å². The van der Waals surface area contributed by atoms with E-state index in [9.17, 15) is 9.90 Å². The number of carbonyl (C=O) groups is 1. The first-order valence-corrected chi connectivity index (χ1v) is 5.40. The van der Waals surface area contributed by atoms with Crippen LogP contribution in [0.15, 0.2) is 18.5 Å². The van der Waals surface area contributed by atoms with Crippen LogP contribution in [0.25, 0.3) is 0 Å². The number of hydrogen-bond acceptors (Lipinski definition) is 4. The Balaban J connectivity index is 2.13. The SMILES string of the molecule is CC1(C(=O)O)CCCC1Nc1ncccn1. The lowest BCUT2D eigenvalue weighted by Crippen LogP contribution is -2.40. The van der Waals surface area contributed by atoms with Crippen LogP contribution < -0.4 is 5.32 Å². The predicted molar refractivity (Wildman–Crippen MR) is 59.0 cm³/mol. The lowest BCUT2D eigenvalue weighted by Gasteiger charge is -2.27. The molecule has 0 aliphatic heterocycles. The zero-order valence-corrected chi connectivity index (χ0v) is 9.18. The van der Waals surface area contributed by atoms with Gasteiger partial charge in [-0.1, -0.05) is 6.42 Å². The molecular weight excluding hydrogens is 206 g/mol. The molecule has 1 aromatic heterocycles. The van der Waals surface area contributed by atoms with Gasteiger partial charge in [0.05, 0.1) is 5.41 Å². The largest absolute Gasteiger partial charge is 0.481 e. The third-order valence-corrected chi connectivity index (χ3v) is 3.32. The summed E-state index contributed by atoms with van der Waals surface area (Å²) in [6.45, 7) is 1.78. The second kappa shape index (κ2) is 4.08. The van der Waals surface area contributed by atoms with Gasteiger partial charge in [-0.25, -0.2) is 9.97 Å². The van der Waals surface area contributed by atoms with Crippen LogP contribution in [-0.2, 0) is 4.79 Å². The Bertz CT molecular complexity index is 382. The Labute approximate surface area is 93.9 Å². The summed E-state index contributed by atoms with van der Waals surface area (Å²) in [6.07, 6.45) is 5.76. The number of carboxylic acid groups (broad SMARTS) is 1. The van der Waals surface area contributed by atoms with Gasteiger partial charge in [0.15, 0.2) is 0 Å². The van der Waals surface area contributed by atoms with E-state index < -0.39 is 11.4 Å². The number of carboxylic acids is 1. The van der Waals surface area contributed by atoms with Gasteiger partial charge in [-0.15, -0.1) is 0 Å². The smallest absolute Gasteiger partial charge is 0.311 e. The molecule has 2 N–H and O–H groups in total. The third kappa shape index (κ3) is 1.85. The zero-order chi connectivity index (χ0) is 11.6. The van der Waals surface area contributed by atoms with Gasteiger partial charge in [-0.05, 0) is 25.8 Å². The topological polar surface area (TPSA) is 75.1 Å². The fourth-order valence-corrected chi connectivity index (χ4v) is 2.18. The highest BCUT2D eigenvalue weighted by molar-refractivity contribution is 5.76. The highest BCUT2D eigenvalue weighted by Gasteiger charge is 2.45. The average molecular weight is 221 g/mol. The van der Waals surface area contributed by atoms with E-state index in [0.717, 1.165) is 12.8 Å². The van der Waals surface area contributed by atoms with E-state index in [1.807, 2.05) is 0 Å². The van der Waals surface area contributed by atoms with Crippen molar-refractivity contribution in [1.82, 2.24) is 9.97 Å². The van der Waals surface area contributed by atoms with E-state index in [2.05, 4.69) is 15.3 Å². The van der Waals surface area contributed by atoms with Gasteiger partial charge in [-0.3, -0.25) is 4.79 Å². The summed E-state index contributed by atoms with van der Waals surface area (Å²) in [5, 5.41) is 12.3. The normalized spacial score (nSPS) is 28.9. The summed E-state index contributed by atoms with van der Waals surface area (Å²) >= 11 is 0. The van der Waals surface area contributed by atoms with E-state index in [1.54, 1.807) is 25.4 Å². The van der Waals surface area contributed by atoms with Crippen molar-refractivity contribution in [2.75, 3.05) is 5.32 Å². The zero-order valence-electron chi connectivity index (χ0n) is 9.18. The van der Waals surface area contributed by atoms with Crippen LogP contribution in [0.3, 0.4) is 0 Å². The molecule has 0 radical (unpaired) electrons. The maximum absolute atomic E-state index is 11.2. The van der Waals surface area contributed by atoms with Crippen LogP contribution in [0, 0.1) is 5.41 Å². The van der Waals surface area contributed by atoms with Crippen molar-refractivity contribution in [2.24, 2.45) is 5.41 Å². The molecular formula is C11H15N3O2. The lowest BCUT2D eigenvalue weighted by atomic mass is 9.85. The molecule has 5 heteroatoms. The second-order valence-electron chi connectivity index (χ2n) is 4.38. The molecule has 1 saturated carbocycles. The quantitative estimate of drug-likeness (QED) is 0.809. The molecule has 0 bridgehead atoms. The Morgan fingerprint density at radius 2 is 2.25 bits per heavy atom. The number of rotatable bonds is 3. The minimum absolute atomic E-state index is 0.0904. The summed E-state index contributed by atoms with van der Waals surface area (Å²) in [5.74, 6) is -0.250. The summed E-state index contributed by atoms with van der Waals surface area (Å²) in [7, 11) is 0. The summed E-state index contributed by atoms with van der Waals surface area (Å²) in [4.78, 5) is 19.3.